The Balaban J connectivity index is 2.60. The highest BCUT2D eigenvalue weighted by Crippen LogP contribution is 2.38. The van der Waals surface area contributed by atoms with E-state index in [4.69, 9.17) is 5.84 Å². The smallest absolute Gasteiger partial charge is 0.123 e. The highest BCUT2D eigenvalue weighted by molar-refractivity contribution is 5.61. The maximum absolute atomic E-state index is 13.0. The molecule has 0 aromatic heterocycles. The predicted molar refractivity (Wildman–Crippen MR) is 51.0 cm³/mol. The van der Waals surface area contributed by atoms with Crippen LogP contribution in [0.25, 0.3) is 0 Å². The molecule has 1 aromatic rings. The van der Waals surface area contributed by atoms with Gasteiger partial charge in [-0.1, -0.05) is 13.8 Å². The molecule has 0 radical (unpaired) electrons. The maximum Gasteiger partial charge on any atom is 0.123 e. The minimum atomic E-state index is -0.192. The fourth-order valence-corrected chi connectivity index (χ4v) is 1.90. The molecule has 1 aliphatic rings. The minimum Gasteiger partial charge on any atom is -0.310 e. The number of hydrazine groups is 1. The SMILES string of the molecule is CC1(C)CN(N)c2ccc(F)cc21. The second-order valence-corrected chi connectivity index (χ2v) is 4.17. The summed E-state index contributed by atoms with van der Waals surface area (Å²) in [6.45, 7) is 4.88. The topological polar surface area (TPSA) is 29.3 Å². The van der Waals surface area contributed by atoms with E-state index < -0.39 is 0 Å². The maximum atomic E-state index is 13.0. The summed E-state index contributed by atoms with van der Waals surface area (Å²) in [7, 11) is 0. The van der Waals surface area contributed by atoms with Crippen molar-refractivity contribution >= 4 is 5.69 Å². The monoisotopic (exact) mass is 180 g/mol. The molecule has 0 spiro atoms. The highest BCUT2D eigenvalue weighted by Gasteiger charge is 2.33. The van der Waals surface area contributed by atoms with Gasteiger partial charge in [-0.05, 0) is 23.8 Å². The number of fused-ring (bicyclic) bond motifs is 1. The average molecular weight is 180 g/mol. The number of nitrogens with zero attached hydrogens (tertiary/aromatic N) is 1. The molecular weight excluding hydrogens is 167 g/mol. The first-order valence-electron chi connectivity index (χ1n) is 4.33. The van der Waals surface area contributed by atoms with Gasteiger partial charge < -0.3 is 5.01 Å². The molecule has 2 N–H and O–H groups in total. The van der Waals surface area contributed by atoms with E-state index in [2.05, 4.69) is 13.8 Å². The lowest BCUT2D eigenvalue weighted by Gasteiger charge is -2.17. The van der Waals surface area contributed by atoms with Gasteiger partial charge in [0.2, 0.25) is 0 Å². The third-order valence-corrected chi connectivity index (χ3v) is 2.56. The summed E-state index contributed by atoms with van der Waals surface area (Å²) >= 11 is 0. The van der Waals surface area contributed by atoms with Crippen LogP contribution in [0.15, 0.2) is 18.2 Å². The van der Waals surface area contributed by atoms with Gasteiger partial charge in [-0.25, -0.2) is 10.2 Å². The summed E-state index contributed by atoms with van der Waals surface area (Å²) < 4.78 is 13.0. The van der Waals surface area contributed by atoms with Crippen molar-refractivity contribution in [2.24, 2.45) is 5.84 Å². The Morgan fingerprint density at radius 1 is 1.46 bits per heavy atom. The lowest BCUT2D eigenvalue weighted by atomic mass is 9.87. The van der Waals surface area contributed by atoms with Crippen LogP contribution < -0.4 is 10.9 Å². The van der Waals surface area contributed by atoms with Crippen molar-refractivity contribution in [1.29, 1.82) is 0 Å². The molecule has 0 saturated heterocycles. The van der Waals surface area contributed by atoms with Gasteiger partial charge in [0.1, 0.15) is 5.82 Å². The number of benzene rings is 1. The molecule has 1 heterocycles. The third kappa shape index (κ3) is 1.20. The first-order chi connectivity index (χ1) is 6.00. The molecule has 13 heavy (non-hydrogen) atoms. The molecule has 0 amide bonds. The Morgan fingerprint density at radius 2 is 2.15 bits per heavy atom. The predicted octanol–water partition coefficient (Wildman–Crippen LogP) is 1.80. The van der Waals surface area contributed by atoms with Crippen molar-refractivity contribution in [1.82, 2.24) is 0 Å². The van der Waals surface area contributed by atoms with Crippen LogP contribution in [-0.4, -0.2) is 6.54 Å². The normalized spacial score (nSPS) is 18.9. The molecular formula is C10H13FN2. The zero-order chi connectivity index (χ0) is 9.64. The van der Waals surface area contributed by atoms with E-state index in [9.17, 15) is 4.39 Å². The molecule has 2 rings (SSSR count). The van der Waals surface area contributed by atoms with Crippen molar-refractivity contribution in [2.45, 2.75) is 19.3 Å². The zero-order valence-corrected chi connectivity index (χ0v) is 7.84. The Morgan fingerprint density at radius 3 is 2.85 bits per heavy atom. The van der Waals surface area contributed by atoms with E-state index >= 15 is 0 Å². The number of hydrogen-bond donors (Lipinski definition) is 1. The number of anilines is 1. The van der Waals surface area contributed by atoms with Gasteiger partial charge in [0, 0.05) is 12.0 Å². The Bertz CT molecular complexity index is 347. The standard InChI is InChI=1S/C10H13FN2/c1-10(2)6-13(12)9-4-3-7(11)5-8(9)10/h3-5H,6,12H2,1-2H3. The number of hydrogen-bond acceptors (Lipinski definition) is 2. The molecule has 0 fully saturated rings. The van der Waals surface area contributed by atoms with E-state index in [1.807, 2.05) is 0 Å². The van der Waals surface area contributed by atoms with Crippen LogP contribution in [0.3, 0.4) is 0 Å². The van der Waals surface area contributed by atoms with Crippen LogP contribution in [0.2, 0.25) is 0 Å². The van der Waals surface area contributed by atoms with Gasteiger partial charge >= 0.3 is 0 Å². The van der Waals surface area contributed by atoms with E-state index in [0.29, 0.717) is 0 Å². The Hall–Kier alpha value is -1.09. The number of nitrogens with two attached hydrogens (primary N) is 1. The molecule has 0 atom stereocenters. The van der Waals surface area contributed by atoms with E-state index in [0.717, 1.165) is 17.8 Å². The van der Waals surface area contributed by atoms with Gasteiger partial charge in [0.15, 0.2) is 0 Å². The minimum absolute atomic E-state index is 0.0494. The molecule has 1 aliphatic heterocycles. The second kappa shape index (κ2) is 2.45. The van der Waals surface area contributed by atoms with Crippen molar-refractivity contribution < 1.29 is 4.39 Å². The van der Waals surface area contributed by atoms with Crippen molar-refractivity contribution in [3.05, 3.63) is 29.6 Å². The van der Waals surface area contributed by atoms with Gasteiger partial charge in [-0.2, -0.15) is 0 Å². The van der Waals surface area contributed by atoms with Crippen LogP contribution >= 0.6 is 0 Å². The van der Waals surface area contributed by atoms with Gasteiger partial charge in [-0.15, -0.1) is 0 Å². The lowest BCUT2D eigenvalue weighted by molar-refractivity contribution is 0.548. The molecule has 0 unspecified atom stereocenters. The molecule has 0 saturated carbocycles. The molecule has 2 nitrogen and oxygen atoms in total. The Labute approximate surface area is 77.1 Å². The van der Waals surface area contributed by atoms with E-state index in [1.165, 1.54) is 6.07 Å². The Kier molecular flexibility index (Phi) is 1.60. The summed E-state index contributed by atoms with van der Waals surface area (Å²) in [6, 6.07) is 4.75. The fraction of sp³-hybridized carbons (Fsp3) is 0.400. The second-order valence-electron chi connectivity index (χ2n) is 4.17. The van der Waals surface area contributed by atoms with Crippen LogP contribution in [0.1, 0.15) is 19.4 Å². The molecule has 70 valence electrons. The van der Waals surface area contributed by atoms with E-state index in [1.54, 1.807) is 17.1 Å². The first kappa shape index (κ1) is 8.51. The van der Waals surface area contributed by atoms with Gasteiger partial charge in [-0.3, -0.25) is 0 Å². The third-order valence-electron chi connectivity index (χ3n) is 2.56. The summed E-state index contributed by atoms with van der Waals surface area (Å²) in [4.78, 5) is 0. The summed E-state index contributed by atoms with van der Waals surface area (Å²) in [6.07, 6.45) is 0. The average Bonchev–Trinajstić information content (AvgIpc) is 2.23. The van der Waals surface area contributed by atoms with Gasteiger partial charge in [0.25, 0.3) is 0 Å². The lowest BCUT2D eigenvalue weighted by Crippen LogP contribution is -2.33. The zero-order valence-electron chi connectivity index (χ0n) is 7.84. The van der Waals surface area contributed by atoms with Crippen LogP contribution in [0.5, 0.6) is 0 Å². The van der Waals surface area contributed by atoms with Crippen molar-refractivity contribution in [3.63, 3.8) is 0 Å². The highest BCUT2D eigenvalue weighted by atomic mass is 19.1. The fourth-order valence-electron chi connectivity index (χ4n) is 1.90. The molecule has 3 heteroatoms. The van der Waals surface area contributed by atoms with Crippen molar-refractivity contribution in [2.75, 3.05) is 11.6 Å². The largest absolute Gasteiger partial charge is 0.310 e. The molecule has 1 aromatic carbocycles. The molecule has 0 aliphatic carbocycles. The summed E-state index contributed by atoms with van der Waals surface area (Å²) in [5.41, 5.74) is 1.88. The quantitative estimate of drug-likeness (QED) is 0.617. The van der Waals surface area contributed by atoms with Crippen LogP contribution in [0.4, 0.5) is 10.1 Å². The molecule has 0 bridgehead atoms. The van der Waals surface area contributed by atoms with Crippen LogP contribution in [-0.2, 0) is 5.41 Å². The van der Waals surface area contributed by atoms with Crippen molar-refractivity contribution in [3.8, 4) is 0 Å². The number of halogens is 1. The number of rotatable bonds is 0. The first-order valence-corrected chi connectivity index (χ1v) is 4.33. The summed E-state index contributed by atoms with van der Waals surface area (Å²) in [5.74, 6) is 5.59. The van der Waals surface area contributed by atoms with Crippen LogP contribution in [0, 0.1) is 5.82 Å². The summed E-state index contributed by atoms with van der Waals surface area (Å²) in [5, 5.41) is 1.68. The van der Waals surface area contributed by atoms with Gasteiger partial charge in [0.05, 0.1) is 5.69 Å². The van der Waals surface area contributed by atoms with E-state index in [-0.39, 0.29) is 11.2 Å².